The largest absolute Gasteiger partial charge is 0.326 e. The zero-order valence-corrected chi connectivity index (χ0v) is 11.8. The minimum Gasteiger partial charge on any atom is -0.326 e. The van der Waals surface area contributed by atoms with Gasteiger partial charge in [-0.15, -0.1) is 11.8 Å². The molecule has 0 bridgehead atoms. The Morgan fingerprint density at radius 3 is 2.65 bits per heavy atom. The van der Waals surface area contributed by atoms with E-state index in [0.717, 1.165) is 12.1 Å². The predicted molar refractivity (Wildman–Crippen MR) is 75.5 cm³/mol. The molecule has 1 unspecified atom stereocenters. The molecule has 1 aromatic rings. The number of carbonyl (C=O) groups is 1. The Morgan fingerprint density at radius 2 is 2.06 bits per heavy atom. The number of nitrogens with one attached hydrogen (secondary N) is 1. The van der Waals surface area contributed by atoms with Crippen LogP contribution in [0.1, 0.15) is 34.1 Å². The molecular weight excluding hydrogens is 230 g/mol. The Kier molecular flexibility index (Phi) is 5.56. The highest BCUT2D eigenvalue weighted by Gasteiger charge is 2.08. The monoisotopic (exact) mass is 251 g/mol. The Hall–Kier alpha value is -0.960. The van der Waals surface area contributed by atoms with Gasteiger partial charge in [-0.3, -0.25) is 4.79 Å². The van der Waals surface area contributed by atoms with E-state index in [1.165, 1.54) is 4.90 Å². The molecule has 0 fully saturated rings. The summed E-state index contributed by atoms with van der Waals surface area (Å²) in [5, 5.41) is 3.52. The first-order valence-electron chi connectivity index (χ1n) is 6.10. The lowest BCUT2D eigenvalue weighted by atomic mass is 10.2. The summed E-state index contributed by atoms with van der Waals surface area (Å²) < 4.78 is 0. The van der Waals surface area contributed by atoms with Crippen molar-refractivity contribution in [2.75, 3.05) is 5.32 Å². The Bertz CT molecular complexity index is 376. The number of hydrogen-bond acceptors (Lipinski definition) is 2. The highest BCUT2D eigenvalue weighted by atomic mass is 32.2. The lowest BCUT2D eigenvalue weighted by molar-refractivity contribution is -0.118. The van der Waals surface area contributed by atoms with Crippen LogP contribution in [0.25, 0.3) is 0 Å². The zero-order valence-electron chi connectivity index (χ0n) is 11.0. The van der Waals surface area contributed by atoms with Crippen LogP contribution in [0.5, 0.6) is 0 Å². The molecule has 1 amide bonds. The first kappa shape index (κ1) is 14.1. The van der Waals surface area contributed by atoms with Crippen LogP contribution < -0.4 is 5.32 Å². The van der Waals surface area contributed by atoms with E-state index in [9.17, 15) is 4.79 Å². The highest BCUT2D eigenvalue weighted by Crippen LogP contribution is 2.27. The van der Waals surface area contributed by atoms with Gasteiger partial charge in [0.1, 0.15) is 0 Å². The van der Waals surface area contributed by atoms with Gasteiger partial charge in [0.25, 0.3) is 0 Å². The van der Waals surface area contributed by atoms with Crippen LogP contribution in [0.4, 0.5) is 5.69 Å². The fourth-order valence-corrected chi connectivity index (χ4v) is 2.23. The third-order valence-electron chi connectivity index (χ3n) is 2.54. The third kappa shape index (κ3) is 4.82. The Balaban J connectivity index is 2.69. The molecule has 0 heterocycles. The highest BCUT2D eigenvalue weighted by molar-refractivity contribution is 7.99. The van der Waals surface area contributed by atoms with Crippen LogP contribution >= 0.6 is 11.8 Å². The van der Waals surface area contributed by atoms with Gasteiger partial charge in [-0.2, -0.15) is 0 Å². The molecule has 1 aromatic carbocycles. The molecule has 0 radical (unpaired) electrons. The number of carbonyl (C=O) groups excluding carboxylic acids is 1. The number of hydrogen-bond donors (Lipinski definition) is 1. The molecule has 0 saturated carbocycles. The molecule has 1 atom stereocenters. The number of thioether (sulfide) groups is 1. The molecule has 0 aliphatic rings. The van der Waals surface area contributed by atoms with Gasteiger partial charge >= 0.3 is 0 Å². The van der Waals surface area contributed by atoms with Crippen LogP contribution in [0.3, 0.4) is 0 Å². The standard InChI is InChI=1S/C14H21NOS/c1-5-11(4)17-13-8-6-7-12(9-13)15-14(16)10(2)3/h6-11H,5H2,1-4H3,(H,15,16). The van der Waals surface area contributed by atoms with Gasteiger partial charge in [0.15, 0.2) is 0 Å². The van der Waals surface area contributed by atoms with Crippen molar-refractivity contribution in [3.8, 4) is 0 Å². The maximum Gasteiger partial charge on any atom is 0.226 e. The average molecular weight is 251 g/mol. The molecule has 0 aromatic heterocycles. The van der Waals surface area contributed by atoms with E-state index in [1.54, 1.807) is 0 Å². The fraction of sp³-hybridized carbons (Fsp3) is 0.500. The third-order valence-corrected chi connectivity index (χ3v) is 3.80. The van der Waals surface area contributed by atoms with Gasteiger partial charge in [-0.05, 0) is 24.6 Å². The molecule has 3 heteroatoms. The molecule has 0 spiro atoms. The minimum absolute atomic E-state index is 0.0147. The van der Waals surface area contributed by atoms with Gasteiger partial charge in [-0.1, -0.05) is 33.8 Å². The van der Waals surface area contributed by atoms with E-state index in [4.69, 9.17) is 0 Å². The molecule has 17 heavy (non-hydrogen) atoms. The van der Waals surface area contributed by atoms with Crippen molar-refractivity contribution in [3.63, 3.8) is 0 Å². The predicted octanol–water partition coefficient (Wildman–Crippen LogP) is 4.17. The Labute approximate surface area is 108 Å². The normalized spacial score (nSPS) is 12.5. The maximum absolute atomic E-state index is 11.6. The van der Waals surface area contributed by atoms with Crippen molar-refractivity contribution in [3.05, 3.63) is 24.3 Å². The zero-order chi connectivity index (χ0) is 12.8. The second kappa shape index (κ2) is 6.70. The van der Waals surface area contributed by atoms with E-state index in [0.29, 0.717) is 5.25 Å². The number of benzene rings is 1. The summed E-state index contributed by atoms with van der Waals surface area (Å²) in [7, 11) is 0. The van der Waals surface area contributed by atoms with Crippen molar-refractivity contribution < 1.29 is 4.79 Å². The van der Waals surface area contributed by atoms with Crippen LogP contribution in [-0.2, 0) is 4.79 Å². The summed E-state index contributed by atoms with van der Waals surface area (Å²) in [6.07, 6.45) is 1.15. The first-order chi connectivity index (χ1) is 8.02. The van der Waals surface area contributed by atoms with E-state index >= 15 is 0 Å². The summed E-state index contributed by atoms with van der Waals surface area (Å²) in [6, 6.07) is 8.04. The summed E-state index contributed by atoms with van der Waals surface area (Å²) in [5.74, 6) is 0.0802. The van der Waals surface area contributed by atoms with Gasteiger partial charge in [0.2, 0.25) is 5.91 Å². The average Bonchev–Trinajstić information content (AvgIpc) is 2.29. The molecule has 0 saturated heterocycles. The van der Waals surface area contributed by atoms with Crippen LogP contribution in [-0.4, -0.2) is 11.2 Å². The second-order valence-electron chi connectivity index (χ2n) is 4.51. The topological polar surface area (TPSA) is 29.1 Å². The lowest BCUT2D eigenvalue weighted by Gasteiger charge is -2.11. The second-order valence-corrected chi connectivity index (χ2v) is 6.02. The van der Waals surface area contributed by atoms with Gasteiger partial charge in [0, 0.05) is 21.8 Å². The molecule has 0 aliphatic heterocycles. The number of rotatable bonds is 5. The van der Waals surface area contributed by atoms with E-state index in [-0.39, 0.29) is 11.8 Å². The van der Waals surface area contributed by atoms with Gasteiger partial charge in [-0.25, -0.2) is 0 Å². The van der Waals surface area contributed by atoms with Gasteiger partial charge in [0.05, 0.1) is 0 Å². The van der Waals surface area contributed by atoms with Crippen molar-refractivity contribution >= 4 is 23.4 Å². The Morgan fingerprint density at radius 1 is 1.35 bits per heavy atom. The summed E-state index contributed by atoms with van der Waals surface area (Å²) in [4.78, 5) is 12.8. The molecule has 2 nitrogen and oxygen atoms in total. The van der Waals surface area contributed by atoms with Crippen LogP contribution in [0, 0.1) is 5.92 Å². The van der Waals surface area contributed by atoms with Crippen molar-refractivity contribution in [2.24, 2.45) is 5.92 Å². The van der Waals surface area contributed by atoms with Crippen molar-refractivity contribution in [1.29, 1.82) is 0 Å². The minimum atomic E-state index is 0.0147. The molecule has 1 N–H and O–H groups in total. The molecular formula is C14H21NOS. The van der Waals surface area contributed by atoms with Crippen molar-refractivity contribution in [2.45, 2.75) is 44.3 Å². The van der Waals surface area contributed by atoms with Crippen LogP contribution in [0.2, 0.25) is 0 Å². The van der Waals surface area contributed by atoms with E-state index in [1.807, 2.05) is 43.8 Å². The van der Waals surface area contributed by atoms with Crippen LogP contribution in [0.15, 0.2) is 29.2 Å². The number of amides is 1. The maximum atomic E-state index is 11.6. The molecule has 94 valence electrons. The van der Waals surface area contributed by atoms with E-state index in [2.05, 4.69) is 25.2 Å². The van der Waals surface area contributed by atoms with Crippen molar-refractivity contribution in [1.82, 2.24) is 0 Å². The summed E-state index contributed by atoms with van der Waals surface area (Å²) >= 11 is 1.84. The van der Waals surface area contributed by atoms with E-state index < -0.39 is 0 Å². The lowest BCUT2D eigenvalue weighted by Crippen LogP contribution is -2.17. The SMILES string of the molecule is CCC(C)Sc1cccc(NC(=O)C(C)C)c1. The first-order valence-corrected chi connectivity index (χ1v) is 6.98. The quantitative estimate of drug-likeness (QED) is 0.796. The molecule has 1 rings (SSSR count). The number of anilines is 1. The summed E-state index contributed by atoms with van der Waals surface area (Å²) in [6.45, 7) is 8.19. The van der Waals surface area contributed by atoms with Gasteiger partial charge < -0.3 is 5.32 Å². The fourth-order valence-electron chi connectivity index (χ4n) is 1.25. The molecule has 0 aliphatic carbocycles. The summed E-state index contributed by atoms with van der Waals surface area (Å²) in [5.41, 5.74) is 0.886. The smallest absolute Gasteiger partial charge is 0.226 e.